The summed E-state index contributed by atoms with van der Waals surface area (Å²) in [4.78, 5) is 0. The number of rotatable bonds is 4. The molecule has 0 atom stereocenters. The molecule has 14 heavy (non-hydrogen) atoms. The fourth-order valence-corrected chi connectivity index (χ4v) is 3.20. The molecule has 1 saturated carbocycles. The van der Waals surface area contributed by atoms with Crippen LogP contribution in [0.25, 0.3) is 0 Å². The SMILES string of the molecule is CCC1(NCc2csc(Br)c2)CCC1. The van der Waals surface area contributed by atoms with Gasteiger partial charge in [-0.15, -0.1) is 11.3 Å². The van der Waals surface area contributed by atoms with Crippen LogP contribution in [-0.2, 0) is 6.54 Å². The summed E-state index contributed by atoms with van der Waals surface area (Å²) in [6.45, 7) is 3.31. The molecule has 78 valence electrons. The lowest BCUT2D eigenvalue weighted by atomic mass is 9.75. The zero-order valence-electron chi connectivity index (χ0n) is 8.48. The van der Waals surface area contributed by atoms with Crippen LogP contribution >= 0.6 is 27.3 Å². The van der Waals surface area contributed by atoms with Gasteiger partial charge in [-0.2, -0.15) is 0 Å². The first kappa shape index (κ1) is 10.7. The number of nitrogens with one attached hydrogen (secondary N) is 1. The second-order valence-electron chi connectivity index (χ2n) is 4.10. The predicted molar refractivity (Wildman–Crippen MR) is 65.7 cm³/mol. The fraction of sp³-hybridized carbons (Fsp3) is 0.636. The van der Waals surface area contributed by atoms with Crippen LogP contribution in [0.2, 0.25) is 0 Å². The minimum Gasteiger partial charge on any atom is -0.307 e. The van der Waals surface area contributed by atoms with Crippen molar-refractivity contribution in [2.75, 3.05) is 0 Å². The zero-order chi connectivity index (χ0) is 10.0. The van der Waals surface area contributed by atoms with Crippen molar-refractivity contribution in [1.82, 2.24) is 5.32 Å². The second-order valence-corrected chi connectivity index (χ2v) is 6.39. The molecule has 0 aromatic carbocycles. The van der Waals surface area contributed by atoms with E-state index in [1.165, 1.54) is 35.0 Å². The molecule has 1 fully saturated rings. The lowest BCUT2D eigenvalue weighted by molar-refractivity contribution is 0.175. The van der Waals surface area contributed by atoms with Crippen molar-refractivity contribution in [2.45, 2.75) is 44.7 Å². The Morgan fingerprint density at radius 1 is 1.57 bits per heavy atom. The van der Waals surface area contributed by atoms with Crippen molar-refractivity contribution >= 4 is 27.3 Å². The molecule has 1 aromatic heterocycles. The van der Waals surface area contributed by atoms with Gasteiger partial charge in [-0.3, -0.25) is 0 Å². The molecule has 1 nitrogen and oxygen atoms in total. The quantitative estimate of drug-likeness (QED) is 0.877. The highest BCUT2D eigenvalue weighted by Gasteiger charge is 2.34. The van der Waals surface area contributed by atoms with Crippen LogP contribution in [-0.4, -0.2) is 5.54 Å². The maximum atomic E-state index is 3.70. The van der Waals surface area contributed by atoms with Crippen molar-refractivity contribution in [2.24, 2.45) is 0 Å². The van der Waals surface area contributed by atoms with E-state index in [1.54, 1.807) is 11.3 Å². The highest BCUT2D eigenvalue weighted by molar-refractivity contribution is 9.11. The molecular formula is C11H16BrNS. The van der Waals surface area contributed by atoms with Gasteiger partial charge in [-0.25, -0.2) is 0 Å². The summed E-state index contributed by atoms with van der Waals surface area (Å²) in [6.07, 6.45) is 5.37. The minimum absolute atomic E-state index is 0.467. The largest absolute Gasteiger partial charge is 0.307 e. The normalized spacial score (nSPS) is 19.3. The van der Waals surface area contributed by atoms with Gasteiger partial charge in [-0.05, 0) is 58.6 Å². The van der Waals surface area contributed by atoms with Crippen LogP contribution < -0.4 is 5.32 Å². The van der Waals surface area contributed by atoms with Crippen LogP contribution in [0.4, 0.5) is 0 Å². The Morgan fingerprint density at radius 3 is 2.79 bits per heavy atom. The summed E-state index contributed by atoms with van der Waals surface area (Å²) in [5, 5.41) is 5.92. The van der Waals surface area contributed by atoms with Gasteiger partial charge in [0.15, 0.2) is 0 Å². The van der Waals surface area contributed by atoms with E-state index in [9.17, 15) is 0 Å². The monoisotopic (exact) mass is 273 g/mol. The summed E-state index contributed by atoms with van der Waals surface area (Å²) in [5.74, 6) is 0. The molecule has 0 aliphatic heterocycles. The molecule has 0 saturated heterocycles. The van der Waals surface area contributed by atoms with E-state index in [1.807, 2.05) is 0 Å². The highest BCUT2D eigenvalue weighted by Crippen LogP contribution is 2.35. The fourth-order valence-electron chi connectivity index (χ4n) is 1.99. The molecule has 1 aliphatic rings. The lowest BCUT2D eigenvalue weighted by Gasteiger charge is -2.42. The van der Waals surface area contributed by atoms with Gasteiger partial charge in [0.05, 0.1) is 3.79 Å². The molecule has 0 spiro atoms. The second kappa shape index (κ2) is 4.33. The Bertz CT molecular complexity index is 298. The Kier molecular flexibility index (Phi) is 3.30. The molecule has 0 amide bonds. The molecule has 1 aromatic rings. The molecule has 1 aliphatic carbocycles. The molecule has 0 unspecified atom stereocenters. The molecule has 1 heterocycles. The summed E-state index contributed by atoms with van der Waals surface area (Å²) >= 11 is 5.26. The van der Waals surface area contributed by atoms with E-state index in [-0.39, 0.29) is 0 Å². The van der Waals surface area contributed by atoms with Crippen LogP contribution in [0, 0.1) is 0 Å². The van der Waals surface area contributed by atoms with Gasteiger partial charge < -0.3 is 5.32 Å². The Balaban J connectivity index is 1.87. The Labute approximate surface area is 98.0 Å². The first-order valence-corrected chi connectivity index (χ1v) is 6.89. The lowest BCUT2D eigenvalue weighted by Crippen LogP contribution is -2.49. The van der Waals surface area contributed by atoms with Crippen molar-refractivity contribution in [3.8, 4) is 0 Å². The molecular weight excluding hydrogens is 258 g/mol. The zero-order valence-corrected chi connectivity index (χ0v) is 10.9. The van der Waals surface area contributed by atoms with Crippen molar-refractivity contribution < 1.29 is 0 Å². The third kappa shape index (κ3) is 2.20. The maximum Gasteiger partial charge on any atom is 0.0701 e. The van der Waals surface area contributed by atoms with Gasteiger partial charge in [0, 0.05) is 12.1 Å². The van der Waals surface area contributed by atoms with Gasteiger partial charge >= 0.3 is 0 Å². The van der Waals surface area contributed by atoms with Gasteiger partial charge in [0.25, 0.3) is 0 Å². The highest BCUT2D eigenvalue weighted by atomic mass is 79.9. The van der Waals surface area contributed by atoms with Crippen LogP contribution in [0.15, 0.2) is 15.2 Å². The third-order valence-corrected chi connectivity index (χ3v) is 4.83. The average Bonchev–Trinajstić information content (AvgIpc) is 2.50. The topological polar surface area (TPSA) is 12.0 Å². The number of halogens is 1. The van der Waals surface area contributed by atoms with E-state index in [0.717, 1.165) is 6.54 Å². The average molecular weight is 274 g/mol. The number of thiophene rings is 1. The first-order valence-electron chi connectivity index (χ1n) is 5.22. The van der Waals surface area contributed by atoms with Crippen molar-refractivity contribution in [1.29, 1.82) is 0 Å². The predicted octanol–water partition coefficient (Wildman–Crippen LogP) is 3.93. The van der Waals surface area contributed by atoms with E-state index in [4.69, 9.17) is 0 Å². The number of hydrogen-bond acceptors (Lipinski definition) is 2. The standard InChI is InChI=1S/C11H16BrNS/c1-2-11(4-3-5-11)13-7-9-6-10(12)14-8-9/h6,8,13H,2-5,7H2,1H3. The Morgan fingerprint density at radius 2 is 2.36 bits per heavy atom. The van der Waals surface area contributed by atoms with Crippen LogP contribution in [0.1, 0.15) is 38.2 Å². The summed E-state index contributed by atoms with van der Waals surface area (Å²) in [7, 11) is 0. The molecule has 2 rings (SSSR count). The summed E-state index contributed by atoms with van der Waals surface area (Å²) < 4.78 is 1.23. The molecule has 3 heteroatoms. The smallest absolute Gasteiger partial charge is 0.0701 e. The van der Waals surface area contributed by atoms with Crippen LogP contribution in [0.3, 0.4) is 0 Å². The van der Waals surface area contributed by atoms with E-state index >= 15 is 0 Å². The van der Waals surface area contributed by atoms with E-state index < -0.39 is 0 Å². The van der Waals surface area contributed by atoms with Gasteiger partial charge in [0.1, 0.15) is 0 Å². The van der Waals surface area contributed by atoms with Crippen molar-refractivity contribution in [3.05, 3.63) is 20.8 Å². The summed E-state index contributed by atoms with van der Waals surface area (Å²) in [6, 6.07) is 2.21. The van der Waals surface area contributed by atoms with Crippen molar-refractivity contribution in [3.63, 3.8) is 0 Å². The first-order chi connectivity index (χ1) is 6.74. The van der Waals surface area contributed by atoms with Gasteiger partial charge in [-0.1, -0.05) is 6.92 Å². The van der Waals surface area contributed by atoms with Gasteiger partial charge in [0.2, 0.25) is 0 Å². The maximum absolute atomic E-state index is 3.70. The third-order valence-electron chi connectivity index (χ3n) is 3.28. The minimum atomic E-state index is 0.467. The van der Waals surface area contributed by atoms with E-state index in [2.05, 4.69) is 39.6 Å². The molecule has 0 bridgehead atoms. The Hall–Kier alpha value is 0.140. The number of hydrogen-bond donors (Lipinski definition) is 1. The van der Waals surface area contributed by atoms with Crippen LogP contribution in [0.5, 0.6) is 0 Å². The summed E-state index contributed by atoms with van der Waals surface area (Å²) in [5.41, 5.74) is 1.87. The molecule has 0 radical (unpaired) electrons. The molecule has 1 N–H and O–H groups in total. The van der Waals surface area contributed by atoms with E-state index in [0.29, 0.717) is 5.54 Å².